The number of amides is 2. The van der Waals surface area contributed by atoms with Crippen molar-refractivity contribution in [3.8, 4) is 0 Å². The third-order valence-electron chi connectivity index (χ3n) is 4.95. The molecule has 1 aliphatic heterocycles. The van der Waals surface area contributed by atoms with Gasteiger partial charge >= 0.3 is 0 Å². The van der Waals surface area contributed by atoms with Gasteiger partial charge in [-0.15, -0.1) is 0 Å². The molecule has 1 aromatic rings. The minimum atomic E-state index is -0.121. The van der Waals surface area contributed by atoms with E-state index >= 15 is 0 Å². The summed E-state index contributed by atoms with van der Waals surface area (Å²) in [5.41, 5.74) is 1.17. The fourth-order valence-corrected chi connectivity index (χ4v) is 3.44. The van der Waals surface area contributed by atoms with Crippen LogP contribution in [-0.4, -0.2) is 43.5 Å². The predicted molar refractivity (Wildman–Crippen MR) is 91.2 cm³/mol. The molecule has 0 bridgehead atoms. The number of ether oxygens (including phenoxy) is 1. The molecule has 1 aliphatic carbocycles. The summed E-state index contributed by atoms with van der Waals surface area (Å²) in [5, 5.41) is 2.91. The minimum absolute atomic E-state index is 0.0344. The van der Waals surface area contributed by atoms with E-state index in [9.17, 15) is 9.59 Å². The molecular formula is C19H26N2O3. The van der Waals surface area contributed by atoms with Gasteiger partial charge in [0.1, 0.15) is 0 Å². The van der Waals surface area contributed by atoms with Crippen molar-refractivity contribution in [2.45, 2.75) is 31.7 Å². The molecular weight excluding hydrogens is 304 g/mol. The van der Waals surface area contributed by atoms with E-state index in [2.05, 4.69) is 17.4 Å². The van der Waals surface area contributed by atoms with Crippen molar-refractivity contribution in [1.29, 1.82) is 0 Å². The zero-order valence-electron chi connectivity index (χ0n) is 14.2. The predicted octanol–water partition coefficient (Wildman–Crippen LogP) is 2.14. The van der Waals surface area contributed by atoms with Crippen molar-refractivity contribution < 1.29 is 14.3 Å². The average Bonchev–Trinajstić information content (AvgIpc) is 3.46. The van der Waals surface area contributed by atoms with Gasteiger partial charge in [-0.25, -0.2) is 0 Å². The van der Waals surface area contributed by atoms with Crippen LogP contribution in [0.15, 0.2) is 30.3 Å². The molecule has 3 rings (SSSR count). The van der Waals surface area contributed by atoms with Gasteiger partial charge in [-0.05, 0) is 31.2 Å². The monoisotopic (exact) mass is 330 g/mol. The van der Waals surface area contributed by atoms with Crippen molar-refractivity contribution in [3.63, 3.8) is 0 Å². The molecule has 0 radical (unpaired) electrons. The maximum Gasteiger partial charge on any atom is 0.226 e. The molecule has 24 heavy (non-hydrogen) atoms. The Morgan fingerprint density at radius 3 is 2.50 bits per heavy atom. The first-order chi connectivity index (χ1) is 11.7. The van der Waals surface area contributed by atoms with E-state index in [1.54, 1.807) is 7.11 Å². The summed E-state index contributed by atoms with van der Waals surface area (Å²) >= 11 is 0. The molecule has 0 spiro atoms. The summed E-state index contributed by atoms with van der Waals surface area (Å²) in [5.74, 6) is 0.307. The Bertz CT molecular complexity index is 571. The SMILES string of the molecule is COCCNC(=O)C1CCC(c2ccccc2)N(C(=O)C2CC2)C1. The zero-order chi connectivity index (χ0) is 16.9. The average molecular weight is 330 g/mol. The summed E-state index contributed by atoms with van der Waals surface area (Å²) in [6.07, 6.45) is 3.63. The Morgan fingerprint density at radius 1 is 1.12 bits per heavy atom. The molecule has 2 aliphatic rings. The maximum absolute atomic E-state index is 12.7. The smallest absolute Gasteiger partial charge is 0.226 e. The van der Waals surface area contributed by atoms with Crippen LogP contribution in [0.3, 0.4) is 0 Å². The van der Waals surface area contributed by atoms with Crippen LogP contribution in [0, 0.1) is 11.8 Å². The number of piperidine rings is 1. The van der Waals surface area contributed by atoms with Gasteiger partial charge in [0.25, 0.3) is 0 Å². The van der Waals surface area contributed by atoms with E-state index in [0.717, 1.165) is 25.7 Å². The second-order valence-corrected chi connectivity index (χ2v) is 6.75. The third kappa shape index (κ3) is 3.96. The number of nitrogens with one attached hydrogen (secondary N) is 1. The summed E-state index contributed by atoms with van der Waals surface area (Å²) in [6.45, 7) is 1.55. The fraction of sp³-hybridized carbons (Fsp3) is 0.579. The highest BCUT2D eigenvalue weighted by Gasteiger charge is 2.41. The molecule has 1 saturated heterocycles. The molecule has 5 heteroatoms. The lowest BCUT2D eigenvalue weighted by atomic mass is 9.88. The number of hydrogen-bond donors (Lipinski definition) is 1. The van der Waals surface area contributed by atoms with Crippen molar-refractivity contribution in [1.82, 2.24) is 10.2 Å². The topological polar surface area (TPSA) is 58.6 Å². The molecule has 0 aromatic heterocycles. The van der Waals surface area contributed by atoms with Crippen LogP contribution in [0.4, 0.5) is 0 Å². The Kier molecular flexibility index (Phi) is 5.51. The van der Waals surface area contributed by atoms with Crippen LogP contribution in [0.25, 0.3) is 0 Å². The molecule has 5 nitrogen and oxygen atoms in total. The van der Waals surface area contributed by atoms with E-state index in [4.69, 9.17) is 4.74 Å². The second kappa shape index (κ2) is 7.79. The van der Waals surface area contributed by atoms with E-state index in [1.807, 2.05) is 23.1 Å². The summed E-state index contributed by atoms with van der Waals surface area (Å²) < 4.78 is 4.97. The van der Waals surface area contributed by atoms with Gasteiger partial charge in [-0.1, -0.05) is 30.3 Å². The Balaban J connectivity index is 1.69. The van der Waals surface area contributed by atoms with Gasteiger partial charge < -0.3 is 15.0 Å². The first-order valence-electron chi connectivity index (χ1n) is 8.82. The van der Waals surface area contributed by atoms with Crippen molar-refractivity contribution in [2.75, 3.05) is 26.8 Å². The van der Waals surface area contributed by atoms with Crippen LogP contribution in [0.2, 0.25) is 0 Å². The van der Waals surface area contributed by atoms with E-state index in [0.29, 0.717) is 19.7 Å². The zero-order valence-corrected chi connectivity index (χ0v) is 14.2. The van der Waals surface area contributed by atoms with Gasteiger partial charge in [-0.3, -0.25) is 9.59 Å². The van der Waals surface area contributed by atoms with Crippen LogP contribution in [0.5, 0.6) is 0 Å². The lowest BCUT2D eigenvalue weighted by Crippen LogP contribution is -2.47. The van der Waals surface area contributed by atoms with E-state index in [1.165, 1.54) is 5.56 Å². The third-order valence-corrected chi connectivity index (χ3v) is 4.95. The standard InChI is InChI=1S/C19H26N2O3/c1-24-12-11-20-18(22)16-9-10-17(14-5-3-2-4-6-14)21(13-16)19(23)15-7-8-15/h2-6,15-17H,7-13H2,1H3,(H,20,22). The normalized spacial score (nSPS) is 23.8. The van der Waals surface area contributed by atoms with Crippen LogP contribution in [0.1, 0.15) is 37.3 Å². The van der Waals surface area contributed by atoms with Crippen molar-refractivity contribution in [2.24, 2.45) is 11.8 Å². The molecule has 1 heterocycles. The molecule has 1 saturated carbocycles. The Morgan fingerprint density at radius 2 is 1.83 bits per heavy atom. The van der Waals surface area contributed by atoms with Crippen molar-refractivity contribution >= 4 is 11.8 Å². The first kappa shape index (κ1) is 17.0. The van der Waals surface area contributed by atoms with Gasteiger partial charge in [0.15, 0.2) is 0 Å². The highest BCUT2D eigenvalue weighted by Crippen LogP contribution is 2.39. The molecule has 2 atom stereocenters. The summed E-state index contributed by atoms with van der Waals surface area (Å²) in [4.78, 5) is 27.1. The van der Waals surface area contributed by atoms with Crippen LogP contribution >= 0.6 is 0 Å². The van der Waals surface area contributed by atoms with Crippen molar-refractivity contribution in [3.05, 3.63) is 35.9 Å². The van der Waals surface area contributed by atoms with Gasteiger partial charge in [-0.2, -0.15) is 0 Å². The summed E-state index contributed by atoms with van der Waals surface area (Å²) in [7, 11) is 1.62. The number of hydrogen-bond acceptors (Lipinski definition) is 3. The number of benzene rings is 1. The lowest BCUT2D eigenvalue weighted by molar-refractivity contribution is -0.140. The number of carbonyl (C=O) groups excluding carboxylic acids is 2. The summed E-state index contributed by atoms with van der Waals surface area (Å²) in [6, 6.07) is 10.3. The van der Waals surface area contributed by atoms with E-state index in [-0.39, 0.29) is 29.7 Å². The largest absolute Gasteiger partial charge is 0.383 e. The molecule has 2 fully saturated rings. The Labute approximate surface area is 143 Å². The van der Waals surface area contributed by atoms with Gasteiger partial charge in [0.2, 0.25) is 11.8 Å². The quantitative estimate of drug-likeness (QED) is 0.813. The molecule has 1 N–H and O–H groups in total. The molecule has 130 valence electrons. The van der Waals surface area contributed by atoms with Crippen LogP contribution in [-0.2, 0) is 14.3 Å². The number of carbonyl (C=O) groups is 2. The lowest BCUT2D eigenvalue weighted by Gasteiger charge is -2.39. The minimum Gasteiger partial charge on any atom is -0.383 e. The number of nitrogens with zero attached hydrogens (tertiary/aromatic N) is 1. The van der Waals surface area contributed by atoms with E-state index < -0.39 is 0 Å². The number of rotatable bonds is 6. The first-order valence-corrected chi connectivity index (χ1v) is 8.82. The number of likely N-dealkylation sites (tertiary alicyclic amines) is 1. The van der Waals surface area contributed by atoms with Crippen LogP contribution < -0.4 is 5.32 Å². The van der Waals surface area contributed by atoms with Gasteiger partial charge in [0, 0.05) is 26.1 Å². The second-order valence-electron chi connectivity index (χ2n) is 6.75. The van der Waals surface area contributed by atoms with Gasteiger partial charge in [0.05, 0.1) is 18.6 Å². The maximum atomic E-state index is 12.7. The fourth-order valence-electron chi connectivity index (χ4n) is 3.44. The molecule has 2 unspecified atom stereocenters. The molecule has 2 amide bonds. The highest BCUT2D eigenvalue weighted by molar-refractivity contribution is 5.84. The highest BCUT2D eigenvalue weighted by atomic mass is 16.5. The molecule has 1 aromatic carbocycles. The Hall–Kier alpha value is -1.88. The number of methoxy groups -OCH3 is 1.